The number of nitrogens with zero attached hydrogens (tertiary/aromatic N) is 3. The van der Waals surface area contributed by atoms with Crippen molar-refractivity contribution in [2.45, 2.75) is 44.7 Å². The fourth-order valence-electron chi connectivity index (χ4n) is 3.56. The summed E-state index contributed by atoms with van der Waals surface area (Å²) in [6.07, 6.45) is 7.72. The van der Waals surface area contributed by atoms with Crippen molar-refractivity contribution < 1.29 is 4.74 Å². The van der Waals surface area contributed by atoms with Crippen LogP contribution in [0, 0.1) is 11.8 Å². The Morgan fingerprint density at radius 3 is 2.65 bits per heavy atom. The summed E-state index contributed by atoms with van der Waals surface area (Å²) in [5.41, 5.74) is 2.77. The molecule has 1 aliphatic heterocycles. The predicted octanol–water partition coefficient (Wildman–Crippen LogP) is 2.25. The molecule has 4 rings (SSSR count). The second-order valence-corrected chi connectivity index (χ2v) is 6.96. The van der Waals surface area contributed by atoms with Gasteiger partial charge in [-0.05, 0) is 37.5 Å². The van der Waals surface area contributed by atoms with Crippen LogP contribution in [0.1, 0.15) is 43.0 Å². The molecule has 0 amide bonds. The highest BCUT2D eigenvalue weighted by atomic mass is 16.5. The van der Waals surface area contributed by atoms with Crippen LogP contribution in [0.4, 0.5) is 0 Å². The molecule has 0 spiro atoms. The van der Waals surface area contributed by atoms with Crippen molar-refractivity contribution in [3.8, 4) is 0 Å². The third kappa shape index (κ3) is 2.63. The lowest BCUT2D eigenvalue weighted by Gasteiger charge is -2.33. The maximum Gasteiger partial charge on any atom is 0.0952 e. The van der Waals surface area contributed by atoms with Crippen LogP contribution >= 0.6 is 0 Å². The number of rotatable bonds is 6. The average molecular weight is 275 g/mol. The second-order valence-electron chi connectivity index (χ2n) is 6.96. The predicted molar refractivity (Wildman–Crippen MR) is 77.6 cm³/mol. The molecule has 2 fully saturated rings. The number of aromatic nitrogens is 2. The molecule has 2 aliphatic carbocycles. The molecular formula is C16H25N3O. The lowest BCUT2D eigenvalue weighted by atomic mass is 9.98. The number of fused-ring (bicyclic) bond motifs is 1. The highest BCUT2D eigenvalue weighted by molar-refractivity contribution is 5.22. The van der Waals surface area contributed by atoms with Crippen LogP contribution in [-0.2, 0) is 17.8 Å². The van der Waals surface area contributed by atoms with Gasteiger partial charge in [-0.15, -0.1) is 0 Å². The van der Waals surface area contributed by atoms with Crippen LogP contribution in [0.3, 0.4) is 0 Å². The quantitative estimate of drug-likeness (QED) is 0.797. The first-order valence-electron chi connectivity index (χ1n) is 8.08. The Kier molecular flexibility index (Phi) is 3.31. The van der Waals surface area contributed by atoms with E-state index in [2.05, 4.69) is 15.8 Å². The molecule has 0 radical (unpaired) electrons. The van der Waals surface area contributed by atoms with E-state index in [1.165, 1.54) is 50.2 Å². The third-order valence-corrected chi connectivity index (χ3v) is 4.93. The van der Waals surface area contributed by atoms with E-state index in [1.54, 1.807) is 0 Å². The molecule has 0 bridgehead atoms. The monoisotopic (exact) mass is 275 g/mol. The number of hydrogen-bond donors (Lipinski definition) is 0. The first-order valence-corrected chi connectivity index (χ1v) is 8.08. The minimum absolute atomic E-state index is 0.503. The van der Waals surface area contributed by atoms with Gasteiger partial charge < -0.3 is 9.30 Å². The van der Waals surface area contributed by atoms with Crippen molar-refractivity contribution in [3.05, 3.63) is 17.7 Å². The third-order valence-electron chi connectivity index (χ3n) is 4.93. The smallest absolute Gasteiger partial charge is 0.0952 e. The second kappa shape index (κ2) is 5.15. The van der Waals surface area contributed by atoms with E-state index in [1.807, 2.05) is 7.11 Å². The van der Waals surface area contributed by atoms with Gasteiger partial charge in [0.1, 0.15) is 0 Å². The van der Waals surface area contributed by atoms with E-state index < -0.39 is 0 Å². The van der Waals surface area contributed by atoms with Gasteiger partial charge in [0.05, 0.1) is 18.6 Å². The van der Waals surface area contributed by atoms with Crippen LogP contribution in [-0.4, -0.2) is 41.3 Å². The molecule has 1 aromatic heterocycles. The molecule has 0 aromatic carbocycles. The number of hydrogen-bond acceptors (Lipinski definition) is 3. The maximum absolute atomic E-state index is 5.48. The van der Waals surface area contributed by atoms with Gasteiger partial charge in [-0.1, -0.05) is 0 Å². The van der Waals surface area contributed by atoms with Crippen molar-refractivity contribution in [1.82, 2.24) is 14.5 Å². The summed E-state index contributed by atoms with van der Waals surface area (Å²) in [4.78, 5) is 7.31. The highest BCUT2D eigenvalue weighted by Gasteiger charge is 2.34. The maximum atomic E-state index is 5.48. The zero-order valence-electron chi connectivity index (χ0n) is 12.4. The number of ether oxygens (including phenoxy) is 1. The van der Waals surface area contributed by atoms with Gasteiger partial charge in [-0.2, -0.15) is 0 Å². The van der Waals surface area contributed by atoms with Gasteiger partial charge in [0.15, 0.2) is 0 Å². The fourth-order valence-corrected chi connectivity index (χ4v) is 3.56. The summed E-state index contributed by atoms with van der Waals surface area (Å²) in [6.45, 7) is 5.45. The average Bonchev–Trinajstić information content (AvgIpc) is 3.32. The molecule has 0 unspecified atom stereocenters. The van der Waals surface area contributed by atoms with Gasteiger partial charge in [0.2, 0.25) is 0 Å². The lowest BCUT2D eigenvalue weighted by Crippen LogP contribution is -2.37. The van der Waals surface area contributed by atoms with Crippen molar-refractivity contribution in [3.63, 3.8) is 0 Å². The molecule has 3 aliphatic rings. The van der Waals surface area contributed by atoms with E-state index in [9.17, 15) is 0 Å². The Morgan fingerprint density at radius 2 is 1.95 bits per heavy atom. The van der Waals surface area contributed by atoms with Crippen LogP contribution in [0.15, 0.2) is 6.33 Å². The van der Waals surface area contributed by atoms with Crippen LogP contribution in [0.2, 0.25) is 0 Å². The molecule has 110 valence electrons. The van der Waals surface area contributed by atoms with Crippen molar-refractivity contribution >= 4 is 0 Å². The van der Waals surface area contributed by atoms with Crippen molar-refractivity contribution in [2.24, 2.45) is 11.8 Å². The fraction of sp³-hybridized carbons (Fsp3) is 0.812. The Labute approximate surface area is 121 Å². The van der Waals surface area contributed by atoms with E-state index in [0.717, 1.165) is 31.5 Å². The summed E-state index contributed by atoms with van der Waals surface area (Å²) >= 11 is 0. The summed E-state index contributed by atoms with van der Waals surface area (Å²) in [6, 6.07) is 0. The van der Waals surface area contributed by atoms with E-state index in [4.69, 9.17) is 9.72 Å². The van der Waals surface area contributed by atoms with Gasteiger partial charge in [0.25, 0.3) is 0 Å². The van der Waals surface area contributed by atoms with Crippen LogP contribution < -0.4 is 0 Å². The molecule has 20 heavy (non-hydrogen) atoms. The zero-order chi connectivity index (χ0) is 13.5. The lowest BCUT2D eigenvalue weighted by molar-refractivity contribution is 0.132. The van der Waals surface area contributed by atoms with E-state index >= 15 is 0 Å². The molecule has 4 nitrogen and oxygen atoms in total. The Balaban J connectivity index is 1.55. The molecule has 2 heterocycles. The van der Waals surface area contributed by atoms with Crippen LogP contribution in [0.25, 0.3) is 0 Å². The molecular weight excluding hydrogens is 250 g/mol. The summed E-state index contributed by atoms with van der Waals surface area (Å²) in [7, 11) is 1.82. The van der Waals surface area contributed by atoms with Gasteiger partial charge in [-0.25, -0.2) is 4.98 Å². The van der Waals surface area contributed by atoms with E-state index in [0.29, 0.717) is 5.92 Å². The van der Waals surface area contributed by atoms with E-state index in [-0.39, 0.29) is 0 Å². The highest BCUT2D eigenvalue weighted by Crippen LogP contribution is 2.36. The Morgan fingerprint density at radius 1 is 1.20 bits per heavy atom. The topological polar surface area (TPSA) is 30.3 Å². The first kappa shape index (κ1) is 12.8. The van der Waals surface area contributed by atoms with Gasteiger partial charge in [-0.3, -0.25) is 4.90 Å². The summed E-state index contributed by atoms with van der Waals surface area (Å²) < 4.78 is 7.91. The molecule has 2 saturated carbocycles. The molecule has 1 atom stereocenters. The van der Waals surface area contributed by atoms with Gasteiger partial charge in [0, 0.05) is 44.9 Å². The van der Waals surface area contributed by atoms with Crippen molar-refractivity contribution in [2.75, 3.05) is 26.8 Å². The Hall–Kier alpha value is -0.870. The minimum Gasteiger partial charge on any atom is -0.384 e. The Bertz CT molecular complexity index is 476. The standard InChI is InChI=1S/C16H25N3O/c1-20-10-14-8-18(6-12-2-3-12)9-15-16(14)19(11-17-15)7-13-4-5-13/h11-14H,2-10H2,1H3/t14-/m0/s1. The van der Waals surface area contributed by atoms with Crippen molar-refractivity contribution in [1.29, 1.82) is 0 Å². The normalized spacial score (nSPS) is 26.8. The molecule has 1 aromatic rings. The molecule has 0 N–H and O–H groups in total. The minimum atomic E-state index is 0.503. The zero-order valence-corrected chi connectivity index (χ0v) is 12.4. The largest absolute Gasteiger partial charge is 0.384 e. The molecule has 0 saturated heterocycles. The van der Waals surface area contributed by atoms with Gasteiger partial charge >= 0.3 is 0 Å². The molecule has 4 heteroatoms. The summed E-state index contributed by atoms with van der Waals surface area (Å²) in [5.74, 6) is 2.36. The first-order chi connectivity index (χ1) is 9.83. The van der Waals surface area contributed by atoms with Crippen LogP contribution in [0.5, 0.6) is 0 Å². The SMILES string of the molecule is COC[C@@H]1CN(CC2CC2)Cc2ncn(CC3CC3)c21. The number of imidazole rings is 1. The summed E-state index contributed by atoms with van der Waals surface area (Å²) in [5, 5.41) is 0. The number of methoxy groups -OCH3 is 1.